The maximum Gasteiger partial charge on any atom is 0.115 e. The second kappa shape index (κ2) is 19.0. The number of aliphatic hydroxyl groups is 4. The topological polar surface area (TPSA) is 128 Å². The van der Waals surface area contributed by atoms with Crippen molar-refractivity contribution in [1.82, 2.24) is 9.80 Å². The van der Waals surface area contributed by atoms with E-state index >= 15 is 0 Å². The van der Waals surface area contributed by atoms with Crippen LogP contribution >= 0.6 is 37.2 Å². The van der Waals surface area contributed by atoms with E-state index in [1.54, 1.807) is 48.5 Å². The molecule has 0 radical (unpaired) electrons. The molecule has 0 bridgehead atoms. The Morgan fingerprint density at radius 3 is 1.06 bits per heavy atom. The van der Waals surface area contributed by atoms with Gasteiger partial charge in [0, 0.05) is 75.5 Å². The molecule has 2 aliphatic rings. The van der Waals surface area contributed by atoms with Gasteiger partial charge in [-0.1, -0.05) is 84.9 Å². The van der Waals surface area contributed by atoms with E-state index in [0.29, 0.717) is 25.7 Å². The third-order valence-electron chi connectivity index (χ3n) is 10.4. The Labute approximate surface area is 319 Å². The number of phenolic OH excluding ortho intramolecular Hbond substituents is 2. The molecule has 6 N–H and O–H groups in total. The number of aliphatic hydroxyl groups excluding tert-OH is 2. The molecule has 2 aliphatic heterocycles. The third-order valence-corrected chi connectivity index (χ3v) is 10.4. The van der Waals surface area contributed by atoms with Gasteiger partial charge in [0.05, 0.1) is 23.4 Å². The molecule has 0 aromatic heterocycles. The number of benzene rings is 4. The van der Waals surface area contributed by atoms with E-state index in [4.69, 9.17) is 0 Å². The van der Waals surface area contributed by atoms with Crippen LogP contribution in [-0.4, -0.2) is 78.7 Å². The highest BCUT2D eigenvalue weighted by molar-refractivity contribution is 15.0. The smallest absolute Gasteiger partial charge is 0.115 e. The molecule has 10 heteroatoms. The Bertz CT molecular complexity index is 1430. The lowest BCUT2D eigenvalue weighted by Crippen LogP contribution is -2.47. The lowest BCUT2D eigenvalue weighted by molar-refractivity contribution is -0.0503. The standard InChI is InChI=1S/2C20H25NO3.I2/c2*1-15(19(23)16-7-9-18(22)10-8-16)21-13-11-20(24,12-14-21)17-5-3-2-4-6-17;1-2/h2*2-10,15,19,22-24H,11-14H2,1H3;/t2*15-,19+;/m10./s1. The molecule has 2 saturated heterocycles. The van der Waals surface area contributed by atoms with E-state index in [0.717, 1.165) is 48.4 Å². The summed E-state index contributed by atoms with van der Waals surface area (Å²) in [6.07, 6.45) is 1.39. The average molecular weight is 909 g/mol. The fourth-order valence-corrected chi connectivity index (χ4v) is 6.98. The minimum absolute atomic E-state index is 0.0464. The first-order chi connectivity index (χ1) is 24.0. The van der Waals surface area contributed by atoms with Crippen LogP contribution in [0, 0.1) is 0 Å². The minimum Gasteiger partial charge on any atom is -0.508 e. The van der Waals surface area contributed by atoms with Gasteiger partial charge < -0.3 is 30.6 Å². The van der Waals surface area contributed by atoms with Crippen LogP contribution in [0.1, 0.15) is 74.0 Å². The van der Waals surface area contributed by atoms with Gasteiger partial charge in [-0.25, -0.2) is 0 Å². The van der Waals surface area contributed by atoms with Crippen molar-refractivity contribution in [2.24, 2.45) is 0 Å². The summed E-state index contributed by atoms with van der Waals surface area (Å²) in [4.78, 5) is 4.43. The summed E-state index contributed by atoms with van der Waals surface area (Å²) in [6, 6.07) is 32.9. The first kappa shape index (κ1) is 40.5. The number of aromatic hydroxyl groups is 2. The number of piperidine rings is 2. The maximum absolute atomic E-state index is 10.9. The van der Waals surface area contributed by atoms with Crippen molar-refractivity contribution in [2.45, 2.75) is 75.0 Å². The fourth-order valence-electron chi connectivity index (χ4n) is 6.98. The zero-order chi connectivity index (χ0) is 36.3. The van der Waals surface area contributed by atoms with Gasteiger partial charge in [-0.15, -0.1) is 0 Å². The molecule has 2 heterocycles. The summed E-state index contributed by atoms with van der Waals surface area (Å²) in [7, 11) is 0. The number of nitrogens with zero attached hydrogens (tertiary/aromatic N) is 2. The Morgan fingerprint density at radius 2 is 0.780 bits per heavy atom. The van der Waals surface area contributed by atoms with Gasteiger partial charge in [-0.3, -0.25) is 9.80 Å². The summed E-state index contributed by atoms with van der Waals surface area (Å²) in [6.45, 7) is 6.96. The van der Waals surface area contributed by atoms with Crippen molar-refractivity contribution in [3.63, 3.8) is 0 Å². The van der Waals surface area contributed by atoms with Crippen molar-refractivity contribution < 1.29 is 30.6 Å². The molecular formula is C40H50I2N2O6. The Morgan fingerprint density at radius 1 is 0.500 bits per heavy atom. The monoisotopic (exact) mass is 908 g/mol. The number of halogens is 2. The molecule has 8 nitrogen and oxygen atoms in total. The molecule has 4 aromatic carbocycles. The Balaban J connectivity index is 0.000000214. The lowest BCUT2D eigenvalue weighted by Gasteiger charge is -2.42. The lowest BCUT2D eigenvalue weighted by atomic mass is 9.83. The van der Waals surface area contributed by atoms with Crippen molar-refractivity contribution in [2.75, 3.05) is 26.2 Å². The van der Waals surface area contributed by atoms with E-state index in [1.807, 2.05) is 74.5 Å². The molecule has 2 fully saturated rings. The van der Waals surface area contributed by atoms with E-state index in [2.05, 4.69) is 47.0 Å². The normalized spacial score (nSPS) is 19.8. The van der Waals surface area contributed by atoms with E-state index in [1.165, 1.54) is 0 Å². The second-order valence-electron chi connectivity index (χ2n) is 13.4. The van der Waals surface area contributed by atoms with Gasteiger partial charge in [-0.2, -0.15) is 0 Å². The summed E-state index contributed by atoms with van der Waals surface area (Å²) in [5, 5.41) is 61.8. The summed E-state index contributed by atoms with van der Waals surface area (Å²) >= 11 is 4.24. The average Bonchev–Trinajstić information content (AvgIpc) is 3.17. The van der Waals surface area contributed by atoms with Crippen LogP contribution in [0.15, 0.2) is 109 Å². The van der Waals surface area contributed by atoms with Gasteiger partial charge in [0.2, 0.25) is 0 Å². The van der Waals surface area contributed by atoms with E-state index in [-0.39, 0.29) is 23.6 Å². The van der Waals surface area contributed by atoms with Crippen LogP contribution in [0.4, 0.5) is 0 Å². The third kappa shape index (κ3) is 10.4. The van der Waals surface area contributed by atoms with E-state index in [9.17, 15) is 30.6 Å². The minimum atomic E-state index is -0.777. The van der Waals surface area contributed by atoms with Crippen LogP contribution < -0.4 is 0 Å². The van der Waals surface area contributed by atoms with Gasteiger partial charge in [-0.05, 0) is 86.1 Å². The molecule has 0 unspecified atom stereocenters. The van der Waals surface area contributed by atoms with E-state index < -0.39 is 23.4 Å². The zero-order valence-electron chi connectivity index (χ0n) is 28.7. The molecule has 4 atom stereocenters. The van der Waals surface area contributed by atoms with Crippen LogP contribution in [0.2, 0.25) is 0 Å². The number of phenols is 2. The second-order valence-corrected chi connectivity index (χ2v) is 13.4. The van der Waals surface area contributed by atoms with Gasteiger partial charge >= 0.3 is 0 Å². The fraction of sp³-hybridized carbons (Fsp3) is 0.400. The van der Waals surface area contributed by atoms with Crippen LogP contribution in [0.3, 0.4) is 0 Å². The largest absolute Gasteiger partial charge is 0.508 e. The molecule has 50 heavy (non-hydrogen) atoms. The van der Waals surface area contributed by atoms with Gasteiger partial charge in [0.15, 0.2) is 0 Å². The van der Waals surface area contributed by atoms with Crippen molar-refractivity contribution in [1.29, 1.82) is 0 Å². The molecule has 4 aromatic rings. The number of hydrogen-bond donors (Lipinski definition) is 6. The predicted octanol–water partition coefficient (Wildman–Crippen LogP) is 7.37. The zero-order valence-corrected chi connectivity index (χ0v) is 33.0. The van der Waals surface area contributed by atoms with Gasteiger partial charge in [0.25, 0.3) is 0 Å². The van der Waals surface area contributed by atoms with Crippen LogP contribution in [0.25, 0.3) is 0 Å². The quantitative estimate of drug-likeness (QED) is 0.101. The molecule has 6 rings (SSSR count). The predicted molar refractivity (Wildman–Crippen MR) is 215 cm³/mol. The molecule has 0 aliphatic carbocycles. The Hall–Kier alpha value is -2.30. The van der Waals surface area contributed by atoms with Gasteiger partial charge in [0.1, 0.15) is 11.5 Å². The SMILES string of the molecule is C[C@@H]([C@@H](O)c1ccc(O)cc1)N1CCC(O)(c2ccccc2)CC1.C[C@H]([C@H](O)c1ccc(O)cc1)N1CCC(O)(c2ccccc2)CC1.II. The molecule has 0 amide bonds. The number of rotatable bonds is 8. The van der Waals surface area contributed by atoms with Crippen molar-refractivity contribution >= 4 is 37.2 Å². The first-order valence-electron chi connectivity index (χ1n) is 17.1. The van der Waals surface area contributed by atoms with Crippen LogP contribution in [0.5, 0.6) is 11.5 Å². The Kier molecular flexibility index (Phi) is 15.4. The van der Waals surface area contributed by atoms with Crippen molar-refractivity contribution in [3.8, 4) is 11.5 Å². The molecule has 270 valence electrons. The highest BCUT2D eigenvalue weighted by Crippen LogP contribution is 2.36. The highest BCUT2D eigenvalue weighted by atomic mass is 128. The van der Waals surface area contributed by atoms with Crippen molar-refractivity contribution in [3.05, 3.63) is 131 Å². The molecule has 0 spiro atoms. The number of likely N-dealkylation sites (tertiary alicyclic amines) is 2. The summed E-state index contributed by atoms with van der Waals surface area (Å²) in [5.74, 6) is 0.397. The van der Waals surface area contributed by atoms with Crippen LogP contribution in [-0.2, 0) is 11.2 Å². The summed E-state index contributed by atoms with van der Waals surface area (Å²) < 4.78 is 0. The molecular weight excluding hydrogens is 858 g/mol. The highest BCUT2D eigenvalue weighted by Gasteiger charge is 2.38. The maximum atomic E-state index is 10.9. The first-order valence-corrected chi connectivity index (χ1v) is 23.4. The summed E-state index contributed by atoms with van der Waals surface area (Å²) in [5.41, 5.74) is 1.98. The molecule has 0 saturated carbocycles. The number of hydrogen-bond acceptors (Lipinski definition) is 8.